The van der Waals surface area contributed by atoms with Gasteiger partial charge in [-0.15, -0.1) is 0 Å². The van der Waals surface area contributed by atoms with Crippen LogP contribution in [0.15, 0.2) is 39.3 Å². The summed E-state index contributed by atoms with van der Waals surface area (Å²) >= 11 is 11.8. The van der Waals surface area contributed by atoms with E-state index in [9.17, 15) is 13.6 Å². The first kappa shape index (κ1) is 14.6. The number of ketones is 1. The van der Waals surface area contributed by atoms with E-state index in [0.29, 0.717) is 4.47 Å². The number of rotatable bonds is 2. The average Bonchev–Trinajstić information content (AvgIpc) is 2.39. The van der Waals surface area contributed by atoms with E-state index >= 15 is 0 Å². The fourth-order valence-corrected chi connectivity index (χ4v) is 2.34. The summed E-state index contributed by atoms with van der Waals surface area (Å²) in [4.78, 5) is 12.1. The van der Waals surface area contributed by atoms with Gasteiger partial charge in [-0.3, -0.25) is 4.79 Å². The van der Waals surface area contributed by atoms with Gasteiger partial charge in [0.1, 0.15) is 5.82 Å². The summed E-state index contributed by atoms with van der Waals surface area (Å²) in [5, 5.41) is -0.160. The molecule has 2 aromatic rings. The molecule has 6 heteroatoms. The van der Waals surface area contributed by atoms with E-state index in [4.69, 9.17) is 11.6 Å². The van der Waals surface area contributed by atoms with E-state index < -0.39 is 17.4 Å². The van der Waals surface area contributed by atoms with Gasteiger partial charge in [-0.1, -0.05) is 11.6 Å². The lowest BCUT2D eigenvalue weighted by Crippen LogP contribution is -2.05. The molecule has 0 aromatic heterocycles. The highest BCUT2D eigenvalue weighted by Gasteiger charge is 2.18. The third-order valence-corrected chi connectivity index (χ3v) is 4.33. The van der Waals surface area contributed by atoms with Gasteiger partial charge in [0, 0.05) is 10.0 Å². The minimum absolute atomic E-state index is 0.141. The van der Waals surface area contributed by atoms with Crippen LogP contribution in [0.1, 0.15) is 15.9 Å². The molecule has 0 saturated heterocycles. The fourth-order valence-electron chi connectivity index (χ4n) is 1.49. The van der Waals surface area contributed by atoms with Crippen LogP contribution in [0.25, 0.3) is 0 Å². The molecule has 0 N–H and O–H groups in total. The molecular weight excluding hydrogens is 405 g/mol. The van der Waals surface area contributed by atoms with Crippen LogP contribution in [-0.4, -0.2) is 5.78 Å². The van der Waals surface area contributed by atoms with Crippen molar-refractivity contribution in [2.24, 2.45) is 0 Å². The molecule has 0 saturated carbocycles. The summed E-state index contributed by atoms with van der Waals surface area (Å²) in [6, 6.07) is 6.53. The van der Waals surface area contributed by atoms with Gasteiger partial charge in [-0.2, -0.15) is 0 Å². The smallest absolute Gasteiger partial charge is 0.196 e. The van der Waals surface area contributed by atoms with Crippen LogP contribution in [0.2, 0.25) is 5.02 Å². The van der Waals surface area contributed by atoms with Crippen molar-refractivity contribution in [3.8, 4) is 0 Å². The summed E-state index contributed by atoms with van der Waals surface area (Å²) in [6.45, 7) is 0. The Bertz CT molecular complexity index is 674. The summed E-state index contributed by atoms with van der Waals surface area (Å²) in [5.74, 6) is -1.86. The molecular formula is C13H5Br2ClF2O. The maximum absolute atomic E-state index is 13.9. The lowest BCUT2D eigenvalue weighted by atomic mass is 10.0. The van der Waals surface area contributed by atoms with Gasteiger partial charge in [0.05, 0.1) is 15.1 Å². The van der Waals surface area contributed by atoms with Crippen LogP contribution in [0.3, 0.4) is 0 Å². The van der Waals surface area contributed by atoms with Crippen LogP contribution < -0.4 is 0 Å². The van der Waals surface area contributed by atoms with Crippen molar-refractivity contribution in [1.29, 1.82) is 0 Å². The van der Waals surface area contributed by atoms with Crippen LogP contribution >= 0.6 is 43.5 Å². The average molecular weight is 410 g/mol. The minimum Gasteiger partial charge on any atom is -0.288 e. The Hall–Kier alpha value is -0.780. The Labute approximate surface area is 129 Å². The molecule has 0 atom stereocenters. The summed E-state index contributed by atoms with van der Waals surface area (Å²) in [6.07, 6.45) is 0. The predicted molar refractivity (Wildman–Crippen MR) is 76.6 cm³/mol. The number of hydrogen-bond donors (Lipinski definition) is 0. The summed E-state index contributed by atoms with van der Waals surface area (Å²) < 4.78 is 27.5. The van der Waals surface area contributed by atoms with Crippen LogP contribution in [-0.2, 0) is 0 Å². The molecule has 0 unspecified atom stereocenters. The van der Waals surface area contributed by atoms with Gasteiger partial charge in [0.25, 0.3) is 0 Å². The maximum Gasteiger partial charge on any atom is 0.196 e. The van der Waals surface area contributed by atoms with Crippen molar-refractivity contribution >= 4 is 49.2 Å². The van der Waals surface area contributed by atoms with Gasteiger partial charge in [0.2, 0.25) is 0 Å². The Balaban J connectivity index is 2.50. The molecule has 0 bridgehead atoms. The molecule has 98 valence electrons. The normalized spacial score (nSPS) is 10.6. The number of hydrogen-bond acceptors (Lipinski definition) is 1. The van der Waals surface area contributed by atoms with Gasteiger partial charge in [0.15, 0.2) is 11.6 Å². The zero-order valence-electron chi connectivity index (χ0n) is 9.18. The first-order chi connectivity index (χ1) is 8.91. The number of benzene rings is 2. The first-order valence-electron chi connectivity index (χ1n) is 5.05. The van der Waals surface area contributed by atoms with Gasteiger partial charge >= 0.3 is 0 Å². The Morgan fingerprint density at radius 2 is 1.74 bits per heavy atom. The molecule has 0 amide bonds. The monoisotopic (exact) mass is 408 g/mol. The third-order valence-electron chi connectivity index (χ3n) is 2.46. The van der Waals surface area contributed by atoms with E-state index in [-0.39, 0.29) is 20.6 Å². The SMILES string of the molecule is O=C(c1ccc(F)c(Br)c1)c1ccc(Br)c(Cl)c1F. The number of carbonyl (C=O) groups is 1. The highest BCUT2D eigenvalue weighted by Crippen LogP contribution is 2.29. The molecule has 19 heavy (non-hydrogen) atoms. The Kier molecular flexibility index (Phi) is 4.38. The Morgan fingerprint density at radius 3 is 2.37 bits per heavy atom. The van der Waals surface area contributed by atoms with Crippen LogP contribution in [0.5, 0.6) is 0 Å². The molecule has 0 spiro atoms. The molecule has 0 aliphatic heterocycles. The lowest BCUT2D eigenvalue weighted by molar-refractivity contribution is 0.103. The molecule has 0 aliphatic rings. The van der Waals surface area contributed by atoms with Gasteiger partial charge in [-0.25, -0.2) is 8.78 Å². The molecule has 0 aliphatic carbocycles. The zero-order valence-corrected chi connectivity index (χ0v) is 13.1. The predicted octanol–water partition coefficient (Wildman–Crippen LogP) is 5.37. The van der Waals surface area contributed by atoms with E-state index in [0.717, 1.165) is 6.07 Å². The molecule has 2 aromatic carbocycles. The summed E-state index contributed by atoms with van der Waals surface area (Å²) in [5.41, 5.74) is 0.0114. The highest BCUT2D eigenvalue weighted by atomic mass is 79.9. The quantitative estimate of drug-likeness (QED) is 0.480. The van der Waals surface area contributed by atoms with Crippen LogP contribution in [0.4, 0.5) is 8.78 Å². The van der Waals surface area contributed by atoms with E-state index in [1.54, 1.807) is 0 Å². The topological polar surface area (TPSA) is 17.1 Å². The lowest BCUT2D eigenvalue weighted by Gasteiger charge is -2.06. The zero-order chi connectivity index (χ0) is 14.2. The second-order valence-electron chi connectivity index (χ2n) is 3.68. The van der Waals surface area contributed by atoms with Crippen molar-refractivity contribution in [3.63, 3.8) is 0 Å². The van der Waals surface area contributed by atoms with Gasteiger partial charge < -0.3 is 0 Å². The molecule has 0 radical (unpaired) electrons. The van der Waals surface area contributed by atoms with E-state index in [2.05, 4.69) is 31.9 Å². The van der Waals surface area contributed by atoms with Crippen molar-refractivity contribution < 1.29 is 13.6 Å². The third kappa shape index (κ3) is 2.88. The second kappa shape index (κ2) is 5.69. The van der Waals surface area contributed by atoms with Crippen molar-refractivity contribution in [3.05, 3.63) is 67.1 Å². The van der Waals surface area contributed by atoms with Crippen LogP contribution in [0, 0.1) is 11.6 Å². The molecule has 0 fully saturated rings. The van der Waals surface area contributed by atoms with Gasteiger partial charge in [-0.05, 0) is 62.2 Å². The maximum atomic E-state index is 13.9. The molecule has 1 nitrogen and oxygen atoms in total. The van der Waals surface area contributed by atoms with Crippen molar-refractivity contribution in [1.82, 2.24) is 0 Å². The highest BCUT2D eigenvalue weighted by molar-refractivity contribution is 9.10. The van der Waals surface area contributed by atoms with E-state index in [1.165, 1.54) is 24.3 Å². The standard InChI is InChI=1S/C13H5Br2ClF2O/c14-8-3-2-7(12(18)11(8)16)13(19)6-1-4-10(17)9(15)5-6/h1-5H. The largest absolute Gasteiger partial charge is 0.288 e. The Morgan fingerprint density at radius 1 is 1.05 bits per heavy atom. The summed E-state index contributed by atoms with van der Waals surface area (Å²) in [7, 11) is 0. The fraction of sp³-hybridized carbons (Fsp3) is 0. The van der Waals surface area contributed by atoms with Crippen molar-refractivity contribution in [2.45, 2.75) is 0 Å². The number of halogens is 5. The molecule has 0 heterocycles. The van der Waals surface area contributed by atoms with Crippen molar-refractivity contribution in [2.75, 3.05) is 0 Å². The molecule has 2 rings (SSSR count). The second-order valence-corrected chi connectivity index (χ2v) is 5.77. The minimum atomic E-state index is -0.804. The number of carbonyl (C=O) groups excluding carboxylic acids is 1. The van der Waals surface area contributed by atoms with E-state index in [1.807, 2.05) is 0 Å². The first-order valence-corrected chi connectivity index (χ1v) is 7.01.